The molecule has 0 aromatic rings. The molecule has 0 spiro atoms. The van der Waals surface area contributed by atoms with E-state index in [0.29, 0.717) is 0 Å². The van der Waals surface area contributed by atoms with E-state index in [0.717, 1.165) is 12.3 Å². The highest BCUT2D eigenvalue weighted by Crippen LogP contribution is 2.23. The van der Waals surface area contributed by atoms with Crippen LogP contribution in [0.25, 0.3) is 0 Å². The predicted octanol–water partition coefficient (Wildman–Crippen LogP) is 14.0. The summed E-state index contributed by atoms with van der Waals surface area (Å²) in [6.45, 7) is 8.78. The minimum Gasteiger partial charge on any atom is -0.0654 e. The summed E-state index contributed by atoms with van der Waals surface area (Å²) in [5, 5.41) is 0. The molecule has 0 nitrogen and oxygen atoms in total. The molecule has 0 aromatic heterocycles. The van der Waals surface area contributed by atoms with Crippen molar-refractivity contribution in [3.05, 3.63) is 6.92 Å². The molecular weight excluding hydrogens is 432 g/mol. The molecule has 1 unspecified atom stereocenters. The molecule has 0 fully saturated rings. The van der Waals surface area contributed by atoms with Crippen LogP contribution in [0.1, 0.15) is 219 Å². The molecule has 0 aliphatic carbocycles. The Kier molecular flexibility index (Phi) is 33.0. The minimum absolute atomic E-state index is 0.970. The molecule has 0 saturated carbocycles. The van der Waals surface area contributed by atoms with E-state index in [1.807, 2.05) is 0 Å². The van der Waals surface area contributed by atoms with E-state index in [4.69, 9.17) is 0 Å². The smallest absolute Gasteiger partial charge is 0.0414 e. The molecule has 0 saturated heterocycles. The Hall–Kier alpha value is 0. The summed E-state index contributed by atoms with van der Waals surface area (Å²) >= 11 is 0. The molecule has 36 heavy (non-hydrogen) atoms. The Morgan fingerprint density at radius 2 is 0.528 bits per heavy atom. The van der Waals surface area contributed by atoms with Gasteiger partial charge >= 0.3 is 0 Å². The summed E-state index contributed by atoms with van der Waals surface area (Å²) in [6, 6.07) is 0. The molecule has 1 atom stereocenters. The third-order valence-corrected chi connectivity index (χ3v) is 8.54. The van der Waals surface area contributed by atoms with Gasteiger partial charge in [-0.3, -0.25) is 0 Å². The maximum Gasteiger partial charge on any atom is -0.0414 e. The highest BCUT2D eigenvalue weighted by molar-refractivity contribution is 4.62. The zero-order valence-corrected chi connectivity index (χ0v) is 25.9. The fourth-order valence-electron chi connectivity index (χ4n) is 5.98. The fourth-order valence-corrected chi connectivity index (χ4v) is 5.98. The van der Waals surface area contributed by atoms with Crippen LogP contribution >= 0.6 is 0 Å². The van der Waals surface area contributed by atoms with Gasteiger partial charge in [0.15, 0.2) is 0 Å². The highest BCUT2D eigenvalue weighted by atomic mass is 14.1. The van der Waals surface area contributed by atoms with Gasteiger partial charge in [0.1, 0.15) is 0 Å². The molecule has 0 aliphatic rings. The second-order valence-electron chi connectivity index (χ2n) is 12.3. The number of hydrogen-bond donors (Lipinski definition) is 0. The number of unbranched alkanes of at least 4 members (excludes halogenated alkanes) is 26. The zero-order chi connectivity index (χ0) is 26.2. The summed E-state index contributed by atoms with van der Waals surface area (Å²) < 4.78 is 0. The largest absolute Gasteiger partial charge is 0.0654 e. The van der Waals surface area contributed by atoms with Crippen LogP contribution in [0.15, 0.2) is 0 Å². The maximum atomic E-state index is 4.16. The van der Waals surface area contributed by atoms with Crippen molar-refractivity contribution in [1.82, 2.24) is 0 Å². The molecule has 0 heterocycles. The average Bonchev–Trinajstić information content (AvgIpc) is 2.89. The normalized spacial score (nSPS) is 12.4. The van der Waals surface area contributed by atoms with Crippen LogP contribution in [0.5, 0.6) is 0 Å². The highest BCUT2D eigenvalue weighted by Gasteiger charge is 2.07. The van der Waals surface area contributed by atoms with Gasteiger partial charge in [-0.15, -0.1) is 0 Å². The third-order valence-electron chi connectivity index (χ3n) is 8.54. The van der Waals surface area contributed by atoms with Gasteiger partial charge in [-0.25, -0.2) is 0 Å². The molecule has 0 aliphatic heterocycles. The molecule has 217 valence electrons. The van der Waals surface area contributed by atoms with Crippen LogP contribution in [0.4, 0.5) is 0 Å². The lowest BCUT2D eigenvalue weighted by Crippen LogP contribution is -2.00. The third kappa shape index (κ3) is 30.2. The van der Waals surface area contributed by atoms with Crippen molar-refractivity contribution in [2.45, 2.75) is 219 Å². The molecule has 0 bridgehead atoms. The Balaban J connectivity index is 3.36. The van der Waals surface area contributed by atoms with Crippen LogP contribution in [0.3, 0.4) is 0 Å². The Bertz CT molecular complexity index is 359. The van der Waals surface area contributed by atoms with Crippen LogP contribution in [-0.2, 0) is 0 Å². The van der Waals surface area contributed by atoms with Crippen molar-refractivity contribution in [1.29, 1.82) is 0 Å². The van der Waals surface area contributed by atoms with E-state index >= 15 is 0 Å². The van der Waals surface area contributed by atoms with Crippen molar-refractivity contribution in [3.63, 3.8) is 0 Å². The first-order valence-corrected chi connectivity index (χ1v) is 17.6. The number of rotatable bonds is 32. The lowest BCUT2D eigenvalue weighted by molar-refractivity contribution is 0.381. The average molecular weight is 506 g/mol. The van der Waals surface area contributed by atoms with Crippen LogP contribution in [0.2, 0.25) is 0 Å². The molecular formula is C36H73. The Morgan fingerprint density at radius 3 is 0.750 bits per heavy atom. The second-order valence-corrected chi connectivity index (χ2v) is 12.3. The van der Waals surface area contributed by atoms with Crippen molar-refractivity contribution in [3.8, 4) is 0 Å². The van der Waals surface area contributed by atoms with Crippen molar-refractivity contribution in [2.75, 3.05) is 0 Å². The van der Waals surface area contributed by atoms with Crippen LogP contribution in [-0.4, -0.2) is 0 Å². The monoisotopic (exact) mass is 506 g/mol. The summed E-state index contributed by atoms with van der Waals surface area (Å²) in [7, 11) is 0. The van der Waals surface area contributed by atoms with Gasteiger partial charge in [0, 0.05) is 0 Å². The van der Waals surface area contributed by atoms with E-state index in [1.54, 1.807) is 0 Å². The van der Waals surface area contributed by atoms with Crippen LogP contribution in [0, 0.1) is 12.8 Å². The zero-order valence-electron chi connectivity index (χ0n) is 25.9. The van der Waals surface area contributed by atoms with Gasteiger partial charge in [-0.1, -0.05) is 226 Å². The Labute approximate surface area is 232 Å². The van der Waals surface area contributed by atoms with Gasteiger partial charge < -0.3 is 0 Å². The lowest BCUT2D eigenvalue weighted by Gasteiger charge is -2.16. The molecule has 0 aromatic carbocycles. The lowest BCUT2D eigenvalue weighted by atomic mass is 9.90. The molecule has 1 radical (unpaired) electrons. The summed E-state index contributed by atoms with van der Waals surface area (Å²) in [4.78, 5) is 0. The first-order valence-electron chi connectivity index (χ1n) is 17.6. The van der Waals surface area contributed by atoms with Gasteiger partial charge in [0.05, 0.1) is 0 Å². The first kappa shape index (κ1) is 36.0. The van der Waals surface area contributed by atoms with Gasteiger partial charge in [-0.2, -0.15) is 0 Å². The quantitative estimate of drug-likeness (QED) is 0.0797. The van der Waals surface area contributed by atoms with E-state index in [1.165, 1.54) is 199 Å². The molecule has 0 heteroatoms. The SMILES string of the molecule is [CH2]CCC(CCCCCCCCCCCCCC)CCCCCCCCCCCCCCCCCC. The van der Waals surface area contributed by atoms with E-state index in [2.05, 4.69) is 20.8 Å². The number of hydrogen-bond acceptors (Lipinski definition) is 0. The van der Waals surface area contributed by atoms with Crippen molar-refractivity contribution in [2.24, 2.45) is 5.92 Å². The van der Waals surface area contributed by atoms with Crippen molar-refractivity contribution >= 4 is 0 Å². The summed E-state index contributed by atoms with van der Waals surface area (Å²) in [5.41, 5.74) is 0. The summed E-state index contributed by atoms with van der Waals surface area (Å²) in [5.74, 6) is 0.970. The van der Waals surface area contributed by atoms with E-state index in [9.17, 15) is 0 Å². The Morgan fingerprint density at radius 1 is 0.306 bits per heavy atom. The molecule has 0 rings (SSSR count). The van der Waals surface area contributed by atoms with E-state index < -0.39 is 0 Å². The molecule has 0 N–H and O–H groups in total. The van der Waals surface area contributed by atoms with Crippen LogP contribution < -0.4 is 0 Å². The predicted molar refractivity (Wildman–Crippen MR) is 168 cm³/mol. The first-order chi connectivity index (χ1) is 17.8. The van der Waals surface area contributed by atoms with Gasteiger partial charge in [0.25, 0.3) is 0 Å². The van der Waals surface area contributed by atoms with E-state index in [-0.39, 0.29) is 0 Å². The van der Waals surface area contributed by atoms with Gasteiger partial charge in [-0.05, 0) is 5.92 Å². The van der Waals surface area contributed by atoms with Gasteiger partial charge in [0.2, 0.25) is 0 Å². The maximum absolute atomic E-state index is 4.16. The molecule has 0 amide bonds. The topological polar surface area (TPSA) is 0 Å². The second kappa shape index (κ2) is 33.0. The fraction of sp³-hybridized carbons (Fsp3) is 0.972. The summed E-state index contributed by atoms with van der Waals surface area (Å²) in [6.07, 6.45) is 46.6. The minimum atomic E-state index is 0.970. The standard InChI is InChI=1S/C36H73/c1-4-7-9-11-13-15-17-19-20-21-22-24-26-28-30-32-35-36(33-6-3)34-31-29-27-25-23-18-16-14-12-10-8-5-2/h36H,3-35H2,1-2H3. The van der Waals surface area contributed by atoms with Crippen molar-refractivity contribution < 1.29 is 0 Å².